The van der Waals surface area contributed by atoms with E-state index in [1.165, 1.54) is 0 Å². The Kier molecular flexibility index (Phi) is 43.1. The Morgan fingerprint density at radius 1 is 1.44 bits per heavy atom. The quantitative estimate of drug-likeness (QED) is 0.205. The number of hydrogen-bond donors (Lipinski definition) is 3. The van der Waals surface area contributed by atoms with Crippen LogP contribution in [0.2, 0.25) is 0 Å². The van der Waals surface area contributed by atoms with Crippen LogP contribution < -0.4 is 3.72 Å². The molecule has 0 spiro atoms. The predicted molar refractivity (Wildman–Crippen MR) is 31.4 cm³/mol. The monoisotopic (exact) mass is 259 g/mol. The van der Waals surface area contributed by atoms with Crippen LogP contribution >= 0.6 is 0 Å². The molecule has 0 saturated heterocycles. The van der Waals surface area contributed by atoms with E-state index in [1.807, 2.05) is 0 Å². The number of carbonyl (C=O) groups is 1. The Labute approximate surface area is 68.8 Å². The summed E-state index contributed by atoms with van der Waals surface area (Å²) in [5.41, 5.74) is 0. The van der Waals surface area contributed by atoms with Gasteiger partial charge >= 0.3 is 28.4 Å². The summed E-state index contributed by atoms with van der Waals surface area (Å²) in [6.45, 7) is -0.250. The molecule has 4 N–H and O–H groups in total. The molecule has 8 heteroatoms. The van der Waals surface area contributed by atoms with Gasteiger partial charge in [-0.05, 0) is 0 Å². The molecule has 0 atom stereocenters. The first-order chi connectivity index (χ1) is 4.15. The van der Waals surface area contributed by atoms with Gasteiger partial charge in [0.15, 0.2) is 0 Å². The third kappa shape index (κ3) is 7170. The van der Waals surface area contributed by atoms with Crippen molar-refractivity contribution in [2.75, 3.05) is 0 Å². The number of rotatable bonds is 0. The van der Waals surface area contributed by atoms with Crippen molar-refractivity contribution in [2.45, 2.75) is 0 Å². The van der Waals surface area contributed by atoms with Gasteiger partial charge in [0.1, 0.15) is 0 Å². The summed E-state index contributed by atoms with van der Waals surface area (Å²) >= 11 is 0.650. The summed E-state index contributed by atoms with van der Waals surface area (Å²) in [6.07, 6.45) is 0. The van der Waals surface area contributed by atoms with E-state index in [2.05, 4.69) is 3.72 Å². The van der Waals surface area contributed by atoms with Crippen LogP contribution in [0.1, 0.15) is 0 Å². The molecule has 9 heavy (non-hydrogen) atoms. The van der Waals surface area contributed by atoms with Gasteiger partial charge in [0.25, 0.3) is 6.47 Å². The fourth-order valence-corrected chi connectivity index (χ4v) is 0. The van der Waals surface area contributed by atoms with Crippen LogP contribution in [0.4, 0.5) is 0 Å². The topological polar surface area (TPSA) is 118 Å². The first-order valence-corrected chi connectivity index (χ1v) is 4.78. The first kappa shape index (κ1) is 16.1. The van der Waals surface area contributed by atoms with Crippen molar-refractivity contribution >= 4 is 42.1 Å². The summed E-state index contributed by atoms with van der Waals surface area (Å²) in [6, 6.07) is 0. The second kappa shape index (κ2) is 24.1. The molecule has 1 radical (unpaired) electrons. The van der Waals surface area contributed by atoms with E-state index in [-0.39, 0.29) is 6.47 Å². The van der Waals surface area contributed by atoms with Crippen LogP contribution in [0, 0.1) is 0 Å². The molecule has 0 fully saturated rings. The molecular weight excluding hydrogens is 253 g/mol. The fourth-order valence-electron chi connectivity index (χ4n) is 0. The zero-order chi connectivity index (χ0) is 8.28. The van der Waals surface area contributed by atoms with Crippen molar-refractivity contribution in [3.8, 4) is 0 Å². The molecule has 0 unspecified atom stereocenters. The molecule has 0 aromatic heterocycles. The molecule has 6 nitrogen and oxygen atoms in total. The van der Waals surface area contributed by atoms with E-state index in [0.717, 1.165) is 0 Å². The van der Waals surface area contributed by atoms with Gasteiger partial charge in [0.2, 0.25) is 0 Å². The SMILES string of the molecule is O=CO.O=[S-](=O)O.[NH2][InH]. The predicted octanol–water partition coefficient (Wildman–Crippen LogP) is -1.77. The van der Waals surface area contributed by atoms with Gasteiger partial charge in [-0.1, -0.05) is 0 Å². The average Bonchev–Trinajstić information content (AvgIpc) is 1.71. The average molecular weight is 259 g/mol. The first-order valence-electron chi connectivity index (χ1n) is 1.42. The number of hydrogen-bond acceptors (Lipinski definition) is 5. The van der Waals surface area contributed by atoms with Crippen molar-refractivity contribution in [2.24, 2.45) is 3.72 Å². The molecule has 0 aliphatic heterocycles. The van der Waals surface area contributed by atoms with Crippen LogP contribution in [0.3, 0.4) is 0 Å². The van der Waals surface area contributed by atoms with Crippen molar-refractivity contribution in [1.29, 1.82) is 0 Å². The summed E-state index contributed by atoms with van der Waals surface area (Å²) in [7, 11) is -2.86. The van der Waals surface area contributed by atoms with E-state index >= 15 is 0 Å². The molecule has 0 bridgehead atoms. The summed E-state index contributed by atoms with van der Waals surface area (Å²) in [5.74, 6) is 0. The van der Waals surface area contributed by atoms with Gasteiger partial charge < -0.3 is 18.1 Å². The Balaban J connectivity index is -0.0000000646. The zero-order valence-corrected chi connectivity index (χ0v) is 9.24. The molecule has 0 rings (SSSR count). The van der Waals surface area contributed by atoms with Gasteiger partial charge in [0, 0.05) is 11.0 Å². The number of carboxylic acid groups (broad SMARTS) is 1. The summed E-state index contributed by atoms with van der Waals surface area (Å²) in [5, 5.41) is 6.89. The molecule has 0 amide bonds. The molecule has 0 aromatic rings. The van der Waals surface area contributed by atoms with E-state index < -0.39 is 11.0 Å². The minimum atomic E-state index is -2.86. The Morgan fingerprint density at radius 2 is 1.44 bits per heavy atom. The van der Waals surface area contributed by atoms with Crippen molar-refractivity contribution in [1.82, 2.24) is 0 Å². The van der Waals surface area contributed by atoms with E-state index in [0.29, 0.717) is 24.7 Å². The van der Waals surface area contributed by atoms with Crippen molar-refractivity contribution in [3.05, 3.63) is 0 Å². The molecule has 0 aliphatic rings. The molecule has 0 saturated carbocycles. The maximum absolute atomic E-state index is 8.56. The number of nitrogens with two attached hydrogens (primary N) is 1. The van der Waals surface area contributed by atoms with Crippen molar-refractivity contribution in [3.63, 3.8) is 0 Å². The van der Waals surface area contributed by atoms with Crippen LogP contribution in [0.15, 0.2) is 0 Å². The van der Waals surface area contributed by atoms with Gasteiger partial charge in [0.05, 0.1) is 0 Å². The normalized spacial score (nSPS) is 5.67. The molecule has 0 aromatic carbocycles. The maximum atomic E-state index is 8.56. The van der Waals surface area contributed by atoms with E-state index in [4.69, 9.17) is 22.9 Å². The summed E-state index contributed by atoms with van der Waals surface area (Å²) < 4.78 is 28.8. The van der Waals surface area contributed by atoms with E-state index in [9.17, 15) is 0 Å². The minimum absolute atomic E-state index is 0.250. The Hall–Kier alpha value is 0.210. The van der Waals surface area contributed by atoms with Crippen LogP contribution in [-0.4, -0.2) is 40.8 Å². The standard InChI is InChI=1S/CH2O2.In.H2N.HO3S.H/c2-1-3;;;1-4(2)3;/h1H,(H,2,3);;1H2;(H,1,2,3);/q;+1;2*-1;. The van der Waals surface area contributed by atoms with Gasteiger partial charge in [-0.25, -0.2) is 0 Å². The molecule has 0 aliphatic carbocycles. The second-order valence-corrected chi connectivity index (χ2v) is 0.757. The molecular formula is CH6InNO5S-. The third-order valence-electron chi connectivity index (χ3n) is 0. The van der Waals surface area contributed by atoms with E-state index in [1.54, 1.807) is 0 Å². The zero-order valence-electron chi connectivity index (χ0n) is 4.39. The van der Waals surface area contributed by atoms with Gasteiger partial charge in [-0.15, -0.1) is 0 Å². The third-order valence-corrected chi connectivity index (χ3v) is 0. The second-order valence-electron chi connectivity index (χ2n) is 0.323. The Bertz CT molecular complexity index is 93.1. The Morgan fingerprint density at radius 3 is 1.44 bits per heavy atom. The van der Waals surface area contributed by atoms with Gasteiger partial charge in [-0.2, -0.15) is 0 Å². The van der Waals surface area contributed by atoms with Crippen LogP contribution in [-0.2, 0) is 24.2 Å². The van der Waals surface area contributed by atoms with Crippen molar-refractivity contribution < 1.29 is 22.9 Å². The van der Waals surface area contributed by atoms with Gasteiger partial charge in [-0.3, -0.25) is 4.79 Å². The molecule has 0 heterocycles. The fraction of sp³-hybridized carbons (Fsp3) is 0. The molecule has 55 valence electrons. The van der Waals surface area contributed by atoms with Crippen LogP contribution in [0.5, 0.6) is 0 Å². The van der Waals surface area contributed by atoms with Crippen LogP contribution in [0.25, 0.3) is 0 Å². The summed E-state index contributed by atoms with van der Waals surface area (Å²) in [4.78, 5) is 8.36.